The summed E-state index contributed by atoms with van der Waals surface area (Å²) in [6, 6.07) is 13.0. The summed E-state index contributed by atoms with van der Waals surface area (Å²) < 4.78 is 5.19. The van der Waals surface area contributed by atoms with Crippen molar-refractivity contribution in [3.63, 3.8) is 0 Å². The number of hydrogen-bond donors (Lipinski definition) is 1. The van der Waals surface area contributed by atoms with Crippen molar-refractivity contribution in [1.82, 2.24) is 15.1 Å². The van der Waals surface area contributed by atoms with Crippen molar-refractivity contribution in [1.29, 1.82) is 0 Å². The largest absolute Gasteiger partial charge is 0.459 e. The Morgan fingerprint density at radius 2 is 2.00 bits per heavy atom. The summed E-state index contributed by atoms with van der Waals surface area (Å²) in [5.74, 6) is -0.0507. The van der Waals surface area contributed by atoms with Crippen molar-refractivity contribution in [2.45, 2.75) is 24.9 Å². The third-order valence-corrected chi connectivity index (χ3v) is 4.83. The van der Waals surface area contributed by atoms with Crippen LogP contribution in [-0.2, 0) is 4.79 Å². The fourth-order valence-electron chi connectivity index (χ4n) is 3.41. The Bertz CT molecular complexity index is 728. The van der Waals surface area contributed by atoms with Gasteiger partial charge < -0.3 is 19.5 Å². The Labute approximate surface area is 153 Å². The molecule has 1 aliphatic heterocycles. The molecule has 2 amide bonds. The minimum atomic E-state index is -0.439. The fourth-order valence-corrected chi connectivity index (χ4v) is 3.41. The van der Waals surface area contributed by atoms with Gasteiger partial charge in [0.2, 0.25) is 5.91 Å². The van der Waals surface area contributed by atoms with Gasteiger partial charge >= 0.3 is 0 Å². The second-order valence-corrected chi connectivity index (χ2v) is 6.77. The molecule has 3 rings (SSSR count). The summed E-state index contributed by atoms with van der Waals surface area (Å²) in [7, 11) is 3.98. The Morgan fingerprint density at radius 1 is 1.23 bits per heavy atom. The third-order valence-electron chi connectivity index (χ3n) is 4.83. The van der Waals surface area contributed by atoms with Crippen LogP contribution in [0.4, 0.5) is 0 Å². The number of nitrogens with one attached hydrogen (secondary N) is 1. The van der Waals surface area contributed by atoms with Gasteiger partial charge in [-0.05, 0) is 44.6 Å². The van der Waals surface area contributed by atoms with E-state index in [0.29, 0.717) is 19.5 Å². The van der Waals surface area contributed by atoms with Crippen LogP contribution in [0.2, 0.25) is 0 Å². The predicted molar refractivity (Wildman–Crippen MR) is 98.6 cm³/mol. The van der Waals surface area contributed by atoms with E-state index in [-0.39, 0.29) is 23.6 Å². The van der Waals surface area contributed by atoms with Gasteiger partial charge in [-0.25, -0.2) is 0 Å². The minimum absolute atomic E-state index is 0.0794. The molecule has 138 valence electrons. The number of carbonyl (C=O) groups is 2. The van der Waals surface area contributed by atoms with Crippen LogP contribution in [0.15, 0.2) is 53.1 Å². The van der Waals surface area contributed by atoms with Gasteiger partial charge in [0.25, 0.3) is 5.91 Å². The first-order valence-electron chi connectivity index (χ1n) is 8.91. The summed E-state index contributed by atoms with van der Waals surface area (Å²) in [6.07, 6.45) is 2.97. The van der Waals surface area contributed by atoms with Crippen LogP contribution < -0.4 is 5.32 Å². The van der Waals surface area contributed by atoms with Crippen molar-refractivity contribution in [3.05, 3.63) is 60.1 Å². The maximum absolute atomic E-state index is 12.7. The van der Waals surface area contributed by atoms with Crippen LogP contribution in [0.25, 0.3) is 0 Å². The lowest BCUT2D eigenvalue weighted by molar-refractivity contribution is -0.125. The summed E-state index contributed by atoms with van der Waals surface area (Å²) in [5.41, 5.74) is 1.15. The van der Waals surface area contributed by atoms with E-state index in [4.69, 9.17) is 4.42 Å². The molecule has 2 unspecified atom stereocenters. The number of furan rings is 1. The zero-order valence-electron chi connectivity index (χ0n) is 15.2. The Balaban J connectivity index is 1.64. The lowest BCUT2D eigenvalue weighted by Gasteiger charge is -2.27. The number of likely N-dealkylation sites (N-methyl/N-ethyl adjacent to an activating group) is 1. The molecule has 26 heavy (non-hydrogen) atoms. The molecule has 0 radical (unpaired) electrons. The highest BCUT2D eigenvalue weighted by atomic mass is 16.3. The van der Waals surface area contributed by atoms with Crippen molar-refractivity contribution < 1.29 is 14.0 Å². The Morgan fingerprint density at radius 3 is 2.65 bits per heavy atom. The van der Waals surface area contributed by atoms with Crippen LogP contribution in [0, 0.1) is 0 Å². The number of amides is 2. The van der Waals surface area contributed by atoms with E-state index >= 15 is 0 Å². The van der Waals surface area contributed by atoms with Gasteiger partial charge in [0, 0.05) is 13.1 Å². The van der Waals surface area contributed by atoms with E-state index in [0.717, 1.165) is 12.0 Å². The van der Waals surface area contributed by atoms with E-state index in [1.54, 1.807) is 17.0 Å². The maximum atomic E-state index is 12.7. The molecule has 0 spiro atoms. The lowest BCUT2D eigenvalue weighted by Crippen LogP contribution is -2.47. The van der Waals surface area contributed by atoms with Gasteiger partial charge in [-0.2, -0.15) is 0 Å². The van der Waals surface area contributed by atoms with E-state index in [2.05, 4.69) is 22.3 Å². The number of hydrogen-bond acceptors (Lipinski definition) is 4. The summed E-state index contributed by atoms with van der Waals surface area (Å²) in [4.78, 5) is 29.0. The molecule has 6 nitrogen and oxygen atoms in total. The van der Waals surface area contributed by atoms with Gasteiger partial charge in [-0.1, -0.05) is 30.3 Å². The third kappa shape index (κ3) is 3.96. The quantitative estimate of drug-likeness (QED) is 0.863. The molecule has 2 atom stereocenters. The maximum Gasteiger partial charge on any atom is 0.290 e. The van der Waals surface area contributed by atoms with Crippen LogP contribution in [0.3, 0.4) is 0 Å². The highest BCUT2D eigenvalue weighted by Crippen LogP contribution is 2.21. The van der Waals surface area contributed by atoms with Gasteiger partial charge in [-0.3, -0.25) is 9.59 Å². The standard InChI is InChI=1S/C20H25N3O3/c1-22(2)17(15-8-4-3-5-9-15)14-21-19(24)16-10-6-12-23(16)20(25)18-11-7-13-26-18/h3-5,7-9,11,13,16-17H,6,10,12,14H2,1-2H3,(H,21,24). The molecule has 1 saturated heterocycles. The molecular weight excluding hydrogens is 330 g/mol. The monoisotopic (exact) mass is 355 g/mol. The summed E-state index contributed by atoms with van der Waals surface area (Å²) in [6.45, 7) is 1.07. The first kappa shape index (κ1) is 18.2. The van der Waals surface area contributed by atoms with Crippen molar-refractivity contribution in [2.24, 2.45) is 0 Å². The molecule has 1 aromatic heterocycles. The van der Waals surface area contributed by atoms with Crippen molar-refractivity contribution in [3.8, 4) is 0 Å². The Hall–Kier alpha value is -2.60. The highest BCUT2D eigenvalue weighted by Gasteiger charge is 2.35. The van der Waals surface area contributed by atoms with Gasteiger partial charge in [-0.15, -0.1) is 0 Å². The van der Waals surface area contributed by atoms with Crippen molar-refractivity contribution >= 4 is 11.8 Å². The van der Waals surface area contributed by atoms with Gasteiger partial charge in [0.1, 0.15) is 6.04 Å². The van der Waals surface area contributed by atoms with Gasteiger partial charge in [0.15, 0.2) is 5.76 Å². The predicted octanol–water partition coefficient (Wildman–Crippen LogP) is 2.30. The zero-order valence-corrected chi connectivity index (χ0v) is 15.2. The molecule has 2 heterocycles. The van der Waals surface area contributed by atoms with E-state index in [9.17, 15) is 9.59 Å². The van der Waals surface area contributed by atoms with E-state index < -0.39 is 6.04 Å². The molecule has 0 saturated carbocycles. The molecular formula is C20H25N3O3. The van der Waals surface area contributed by atoms with Crippen molar-refractivity contribution in [2.75, 3.05) is 27.2 Å². The van der Waals surface area contributed by atoms with Gasteiger partial charge in [0.05, 0.1) is 12.3 Å². The fraction of sp³-hybridized carbons (Fsp3) is 0.400. The zero-order chi connectivity index (χ0) is 18.5. The molecule has 2 aromatic rings. The molecule has 6 heteroatoms. The average molecular weight is 355 g/mol. The molecule has 0 bridgehead atoms. The number of carbonyl (C=O) groups excluding carboxylic acids is 2. The number of rotatable bonds is 6. The highest BCUT2D eigenvalue weighted by molar-refractivity contribution is 5.96. The normalized spacial score (nSPS) is 18.1. The molecule has 1 N–H and O–H groups in total. The molecule has 0 aliphatic carbocycles. The molecule has 1 fully saturated rings. The lowest BCUT2D eigenvalue weighted by atomic mass is 10.1. The topological polar surface area (TPSA) is 65.8 Å². The van der Waals surface area contributed by atoms with Crippen LogP contribution in [-0.4, -0.2) is 54.8 Å². The number of nitrogens with zero attached hydrogens (tertiary/aromatic N) is 2. The van der Waals surface area contributed by atoms with Crippen LogP contribution in [0.1, 0.15) is 35.0 Å². The summed E-state index contributed by atoms with van der Waals surface area (Å²) in [5, 5.41) is 3.03. The van der Waals surface area contributed by atoms with E-state index in [1.807, 2.05) is 32.3 Å². The molecule has 1 aromatic carbocycles. The van der Waals surface area contributed by atoms with Crippen LogP contribution >= 0.6 is 0 Å². The second-order valence-electron chi connectivity index (χ2n) is 6.77. The minimum Gasteiger partial charge on any atom is -0.459 e. The molecule has 1 aliphatic rings. The number of likely N-dealkylation sites (tertiary alicyclic amines) is 1. The Kier molecular flexibility index (Phi) is 5.73. The second kappa shape index (κ2) is 8.19. The number of benzene rings is 1. The SMILES string of the molecule is CN(C)C(CNC(=O)C1CCCN1C(=O)c1ccco1)c1ccccc1. The summed E-state index contributed by atoms with van der Waals surface area (Å²) >= 11 is 0. The van der Waals surface area contributed by atoms with E-state index in [1.165, 1.54) is 6.26 Å². The average Bonchev–Trinajstić information content (AvgIpc) is 3.33. The first-order chi connectivity index (χ1) is 12.6. The smallest absolute Gasteiger partial charge is 0.290 e. The first-order valence-corrected chi connectivity index (χ1v) is 8.91. The van der Waals surface area contributed by atoms with Crippen LogP contribution in [0.5, 0.6) is 0 Å².